The molecule has 1 aliphatic heterocycles. The van der Waals surface area contributed by atoms with Crippen LogP contribution in [0.3, 0.4) is 0 Å². The van der Waals surface area contributed by atoms with E-state index in [1.165, 1.54) is 0 Å². The molecule has 130 valence electrons. The number of amides is 1. The van der Waals surface area contributed by atoms with Crippen molar-refractivity contribution in [1.29, 1.82) is 0 Å². The van der Waals surface area contributed by atoms with Gasteiger partial charge in [-0.1, -0.05) is 12.1 Å². The van der Waals surface area contributed by atoms with E-state index in [4.69, 9.17) is 0 Å². The van der Waals surface area contributed by atoms with Crippen LogP contribution in [0.2, 0.25) is 0 Å². The Kier molecular flexibility index (Phi) is 4.79. The minimum Gasteiger partial charge on any atom is -0.478 e. The Hall–Kier alpha value is -2.76. The molecule has 0 spiro atoms. The molecule has 0 radical (unpaired) electrons. The van der Waals surface area contributed by atoms with Gasteiger partial charge in [-0.25, -0.2) is 14.8 Å². The fourth-order valence-electron chi connectivity index (χ4n) is 3.34. The van der Waals surface area contributed by atoms with Crippen LogP contribution in [0.15, 0.2) is 30.3 Å². The first kappa shape index (κ1) is 17.1. The predicted molar refractivity (Wildman–Crippen MR) is 93.1 cm³/mol. The smallest absolute Gasteiger partial charge is 0.335 e. The van der Waals surface area contributed by atoms with Crippen molar-refractivity contribution < 1.29 is 14.7 Å². The van der Waals surface area contributed by atoms with Gasteiger partial charge in [0.15, 0.2) is 0 Å². The zero-order valence-electron chi connectivity index (χ0n) is 14.4. The molecule has 1 aromatic heterocycles. The summed E-state index contributed by atoms with van der Waals surface area (Å²) in [5.74, 6) is -0.305. The first-order valence-electron chi connectivity index (χ1n) is 8.42. The number of benzene rings is 1. The third-order valence-electron chi connectivity index (χ3n) is 4.51. The second kappa shape index (κ2) is 7.01. The molecular weight excluding hydrogens is 318 g/mol. The highest BCUT2D eigenvalue weighted by Gasteiger charge is 2.27. The van der Waals surface area contributed by atoms with E-state index in [9.17, 15) is 14.7 Å². The van der Waals surface area contributed by atoms with Gasteiger partial charge in [-0.3, -0.25) is 4.79 Å². The Labute approximate surface area is 146 Å². The summed E-state index contributed by atoms with van der Waals surface area (Å²) in [5.41, 5.74) is 2.45. The number of carbonyl (C=O) groups is 2. The lowest BCUT2D eigenvalue weighted by Gasteiger charge is -2.34. The van der Waals surface area contributed by atoms with Crippen molar-refractivity contribution in [1.82, 2.24) is 14.9 Å². The van der Waals surface area contributed by atoms with Gasteiger partial charge in [-0.05, 0) is 44.4 Å². The number of carboxylic acids is 1. The molecule has 0 aliphatic carbocycles. The fraction of sp³-hybridized carbons (Fsp3) is 0.368. The first-order chi connectivity index (χ1) is 12.0. The lowest BCUT2D eigenvalue weighted by Crippen LogP contribution is -2.37. The highest BCUT2D eigenvalue weighted by Crippen LogP contribution is 2.31. The molecule has 1 aliphatic rings. The predicted octanol–water partition coefficient (Wildman–Crippen LogP) is 3.22. The van der Waals surface area contributed by atoms with E-state index >= 15 is 0 Å². The van der Waals surface area contributed by atoms with Gasteiger partial charge in [0.1, 0.15) is 5.82 Å². The van der Waals surface area contributed by atoms with Crippen LogP contribution in [-0.2, 0) is 4.79 Å². The summed E-state index contributed by atoms with van der Waals surface area (Å²) in [6.07, 6.45) is 2.94. The molecule has 1 aromatic carbocycles. The standard InChI is InChI=1S/C19H21N3O3/c1-12-20-16(14-6-5-7-15(10-14)19(24)25)11-17(21-12)18-8-3-4-9-22(18)13(2)23/h5-7,10-11,18H,3-4,8-9H2,1-2H3,(H,24,25). The van der Waals surface area contributed by atoms with Crippen molar-refractivity contribution in [3.05, 3.63) is 47.4 Å². The van der Waals surface area contributed by atoms with Gasteiger partial charge in [0.2, 0.25) is 5.91 Å². The molecule has 0 saturated carbocycles. The highest BCUT2D eigenvalue weighted by molar-refractivity contribution is 5.89. The largest absolute Gasteiger partial charge is 0.478 e. The molecule has 3 rings (SSSR count). The van der Waals surface area contributed by atoms with Crippen LogP contribution in [-0.4, -0.2) is 38.4 Å². The lowest BCUT2D eigenvalue weighted by atomic mass is 9.97. The Morgan fingerprint density at radius 1 is 1.20 bits per heavy atom. The fourth-order valence-corrected chi connectivity index (χ4v) is 3.34. The number of likely N-dealkylation sites (tertiary alicyclic amines) is 1. The maximum absolute atomic E-state index is 12.0. The van der Waals surface area contributed by atoms with Crippen LogP contribution in [0, 0.1) is 6.92 Å². The number of carboxylic acid groups (broad SMARTS) is 1. The number of hydrogen-bond donors (Lipinski definition) is 1. The third kappa shape index (κ3) is 3.68. The Balaban J connectivity index is 2.02. The van der Waals surface area contributed by atoms with Crippen molar-refractivity contribution in [3.8, 4) is 11.3 Å². The SMILES string of the molecule is CC(=O)N1CCCCC1c1cc(-c2cccc(C(=O)O)c2)nc(C)n1. The summed E-state index contributed by atoms with van der Waals surface area (Å²) in [7, 11) is 0. The zero-order valence-corrected chi connectivity index (χ0v) is 14.4. The first-order valence-corrected chi connectivity index (χ1v) is 8.42. The van der Waals surface area contributed by atoms with Crippen molar-refractivity contribution >= 4 is 11.9 Å². The summed E-state index contributed by atoms with van der Waals surface area (Å²) >= 11 is 0. The van der Waals surface area contributed by atoms with Gasteiger partial charge in [-0.2, -0.15) is 0 Å². The molecule has 1 N–H and O–H groups in total. The molecule has 1 atom stereocenters. The van der Waals surface area contributed by atoms with Gasteiger partial charge in [0, 0.05) is 19.0 Å². The molecular formula is C19H21N3O3. The van der Waals surface area contributed by atoms with Crippen LogP contribution in [0.5, 0.6) is 0 Å². The monoisotopic (exact) mass is 339 g/mol. The maximum atomic E-state index is 12.0. The van der Waals surface area contributed by atoms with Crippen LogP contribution >= 0.6 is 0 Å². The molecule has 1 unspecified atom stereocenters. The van der Waals surface area contributed by atoms with Crippen LogP contribution in [0.4, 0.5) is 0 Å². The average Bonchev–Trinajstić information content (AvgIpc) is 2.61. The van der Waals surface area contributed by atoms with Crippen molar-refractivity contribution in [2.75, 3.05) is 6.54 Å². The van der Waals surface area contributed by atoms with Gasteiger partial charge in [0.05, 0.1) is 23.0 Å². The maximum Gasteiger partial charge on any atom is 0.335 e. The minimum atomic E-state index is -0.970. The van der Waals surface area contributed by atoms with Gasteiger partial charge < -0.3 is 10.0 Å². The van der Waals surface area contributed by atoms with Crippen LogP contribution in [0.1, 0.15) is 54.1 Å². The highest BCUT2D eigenvalue weighted by atomic mass is 16.4. The summed E-state index contributed by atoms with van der Waals surface area (Å²) in [6.45, 7) is 4.14. The molecule has 1 saturated heterocycles. The number of piperidine rings is 1. The Bertz CT molecular complexity index is 819. The van der Waals surface area contributed by atoms with Gasteiger partial charge >= 0.3 is 5.97 Å². The molecule has 25 heavy (non-hydrogen) atoms. The van der Waals surface area contributed by atoms with E-state index in [1.807, 2.05) is 24.0 Å². The van der Waals surface area contributed by atoms with Crippen LogP contribution in [0.25, 0.3) is 11.3 Å². The summed E-state index contributed by atoms with van der Waals surface area (Å²) in [5, 5.41) is 9.19. The minimum absolute atomic E-state index is 0.0469. The molecule has 2 heterocycles. The second-order valence-corrected chi connectivity index (χ2v) is 6.34. The number of aryl methyl sites for hydroxylation is 1. The third-order valence-corrected chi connectivity index (χ3v) is 4.51. The van der Waals surface area contributed by atoms with Crippen molar-refractivity contribution in [2.45, 2.75) is 39.2 Å². The molecule has 2 aromatic rings. The molecule has 1 amide bonds. The van der Waals surface area contributed by atoms with E-state index in [0.717, 1.165) is 37.1 Å². The van der Waals surface area contributed by atoms with E-state index < -0.39 is 5.97 Å². The summed E-state index contributed by atoms with van der Waals surface area (Å²) in [4.78, 5) is 34.0. The van der Waals surface area contributed by atoms with E-state index in [1.54, 1.807) is 25.1 Å². The topological polar surface area (TPSA) is 83.4 Å². The second-order valence-electron chi connectivity index (χ2n) is 6.34. The quantitative estimate of drug-likeness (QED) is 0.928. The lowest BCUT2D eigenvalue weighted by molar-refractivity contribution is -0.132. The Morgan fingerprint density at radius 3 is 2.72 bits per heavy atom. The number of carbonyl (C=O) groups excluding carboxylic acids is 1. The normalized spacial score (nSPS) is 17.4. The van der Waals surface area contributed by atoms with Gasteiger partial charge in [-0.15, -0.1) is 0 Å². The van der Waals surface area contributed by atoms with Crippen LogP contribution < -0.4 is 0 Å². The Morgan fingerprint density at radius 2 is 2.00 bits per heavy atom. The molecule has 6 nitrogen and oxygen atoms in total. The number of hydrogen-bond acceptors (Lipinski definition) is 4. The van der Waals surface area contributed by atoms with E-state index in [-0.39, 0.29) is 17.5 Å². The summed E-state index contributed by atoms with van der Waals surface area (Å²) < 4.78 is 0. The molecule has 1 fully saturated rings. The number of aromatic nitrogens is 2. The number of nitrogens with zero attached hydrogens (tertiary/aromatic N) is 3. The summed E-state index contributed by atoms with van der Waals surface area (Å²) in [6, 6.07) is 8.53. The zero-order chi connectivity index (χ0) is 18.0. The average molecular weight is 339 g/mol. The van der Waals surface area contributed by atoms with Crippen molar-refractivity contribution in [3.63, 3.8) is 0 Å². The van der Waals surface area contributed by atoms with Gasteiger partial charge in [0.25, 0.3) is 0 Å². The van der Waals surface area contributed by atoms with Crippen molar-refractivity contribution in [2.24, 2.45) is 0 Å². The molecule has 0 bridgehead atoms. The number of aromatic carboxylic acids is 1. The van der Waals surface area contributed by atoms with E-state index in [2.05, 4.69) is 9.97 Å². The number of rotatable bonds is 3. The molecule has 6 heteroatoms. The van der Waals surface area contributed by atoms with E-state index in [0.29, 0.717) is 11.5 Å².